The molecule has 0 heterocycles. The number of nitrogens with two attached hydrogens (primary N) is 2. The van der Waals surface area contributed by atoms with Crippen LogP contribution in [0.4, 0.5) is 0 Å². The van der Waals surface area contributed by atoms with Crippen molar-refractivity contribution < 1.29 is 5.10 Å². The number of hydrogen-bond acceptors (Lipinski definition) is 1. The van der Waals surface area contributed by atoms with E-state index in [1.54, 1.807) is 0 Å². The highest BCUT2D eigenvalue weighted by Crippen LogP contribution is 2.10. The number of hydrogen-bond donors (Lipinski definition) is 3. The molecule has 0 spiro atoms. The van der Waals surface area contributed by atoms with Crippen LogP contribution in [-0.4, -0.2) is 11.7 Å². The Bertz CT molecular complexity index is 377. The Balaban J connectivity index is 2.97. The van der Waals surface area contributed by atoms with Gasteiger partial charge >= 0.3 is 5.96 Å². The number of hydrazone groups is 1. The van der Waals surface area contributed by atoms with Gasteiger partial charge in [0.05, 0.1) is 5.71 Å². The van der Waals surface area contributed by atoms with Gasteiger partial charge in [0, 0.05) is 5.02 Å². The average molecular weight is 226 g/mol. The van der Waals surface area contributed by atoms with Crippen LogP contribution in [0.5, 0.6) is 0 Å². The molecule has 0 aliphatic rings. The van der Waals surface area contributed by atoms with E-state index < -0.39 is 0 Å². The fraction of sp³-hybridized carbons (Fsp3) is 0.200. The highest BCUT2D eigenvalue weighted by atomic mass is 35.5. The van der Waals surface area contributed by atoms with E-state index in [1.165, 1.54) is 0 Å². The van der Waals surface area contributed by atoms with E-state index in [2.05, 4.69) is 10.2 Å². The summed E-state index contributed by atoms with van der Waals surface area (Å²) in [7, 11) is 0. The molecule has 5 heteroatoms. The molecule has 1 rings (SSSR count). The van der Waals surface area contributed by atoms with Crippen LogP contribution in [0.2, 0.25) is 5.02 Å². The molecule has 0 saturated carbocycles. The zero-order valence-electron chi connectivity index (χ0n) is 8.50. The van der Waals surface area contributed by atoms with Crippen molar-refractivity contribution in [2.75, 3.05) is 0 Å². The predicted octanol–water partition coefficient (Wildman–Crippen LogP) is -0.192. The van der Waals surface area contributed by atoms with E-state index in [4.69, 9.17) is 23.1 Å². The Morgan fingerprint density at radius 1 is 1.33 bits per heavy atom. The fourth-order valence-corrected chi connectivity index (χ4v) is 1.25. The third-order valence-electron chi connectivity index (χ3n) is 1.83. The molecule has 0 saturated heterocycles. The second-order valence-corrected chi connectivity index (χ2v) is 3.42. The summed E-state index contributed by atoms with van der Waals surface area (Å²) < 4.78 is 0. The van der Waals surface area contributed by atoms with Crippen LogP contribution in [0.25, 0.3) is 0 Å². The van der Waals surface area contributed by atoms with Gasteiger partial charge in [0.15, 0.2) is 0 Å². The van der Waals surface area contributed by atoms with Gasteiger partial charge in [-0.1, -0.05) is 30.7 Å². The maximum Gasteiger partial charge on any atom is 0.362 e. The van der Waals surface area contributed by atoms with Gasteiger partial charge in [-0.05, 0) is 24.1 Å². The zero-order valence-corrected chi connectivity index (χ0v) is 9.25. The van der Waals surface area contributed by atoms with Gasteiger partial charge in [-0.3, -0.25) is 11.5 Å². The van der Waals surface area contributed by atoms with Crippen molar-refractivity contribution >= 4 is 23.3 Å². The van der Waals surface area contributed by atoms with E-state index in [0.29, 0.717) is 5.02 Å². The van der Waals surface area contributed by atoms with Crippen LogP contribution in [0.1, 0.15) is 18.9 Å². The van der Waals surface area contributed by atoms with E-state index in [0.717, 1.165) is 17.7 Å². The van der Waals surface area contributed by atoms with Crippen molar-refractivity contribution in [3.05, 3.63) is 34.9 Å². The second-order valence-electron chi connectivity index (χ2n) is 2.99. The fourth-order valence-electron chi connectivity index (χ4n) is 1.12. The summed E-state index contributed by atoms with van der Waals surface area (Å²) in [4.78, 5) is 0. The first-order valence-corrected chi connectivity index (χ1v) is 4.97. The number of guanidine groups is 1. The van der Waals surface area contributed by atoms with Crippen molar-refractivity contribution in [2.45, 2.75) is 13.3 Å². The third kappa shape index (κ3) is 3.59. The van der Waals surface area contributed by atoms with Crippen LogP contribution in [0, 0.1) is 0 Å². The molecule has 0 aliphatic heterocycles. The van der Waals surface area contributed by atoms with Crippen LogP contribution in [0.15, 0.2) is 29.4 Å². The molecule has 0 bridgehead atoms. The number of benzene rings is 1. The van der Waals surface area contributed by atoms with Gasteiger partial charge in [-0.25, -0.2) is 0 Å². The topological polar surface area (TPSA) is 78.4 Å². The monoisotopic (exact) mass is 225 g/mol. The molecular formula is C10H14ClN4+. The standard InChI is InChI=1S/C10H13ClN4/c1-2-9(14-15-10(12)13)7-3-5-8(11)6-4-7/h3-6H,2H2,1H3,(H4,12,13,15)/p+1/b14-9-. The lowest BCUT2D eigenvalue weighted by atomic mass is 10.1. The van der Waals surface area contributed by atoms with Gasteiger partial charge in [-0.15, -0.1) is 5.10 Å². The Kier molecular flexibility index (Phi) is 4.12. The first kappa shape index (κ1) is 11.5. The van der Waals surface area contributed by atoms with Crippen LogP contribution < -0.4 is 16.6 Å². The SMILES string of the molecule is CC/C(=N/[NH+]=C(N)N)c1ccc(Cl)cc1. The largest absolute Gasteiger partial charge is 0.362 e. The molecule has 0 aliphatic carbocycles. The molecule has 0 fully saturated rings. The molecule has 5 N–H and O–H groups in total. The summed E-state index contributed by atoms with van der Waals surface area (Å²) in [5, 5.41) is 7.32. The van der Waals surface area contributed by atoms with Crippen molar-refractivity contribution in [1.29, 1.82) is 0 Å². The first-order chi connectivity index (χ1) is 7.13. The summed E-state index contributed by atoms with van der Waals surface area (Å²) in [5.74, 6) is 0.0786. The highest BCUT2D eigenvalue weighted by molar-refractivity contribution is 6.30. The minimum Gasteiger partial charge on any atom is -0.289 e. The normalized spacial score (nSPS) is 11.2. The Morgan fingerprint density at radius 2 is 1.93 bits per heavy atom. The average Bonchev–Trinajstić information content (AvgIpc) is 2.21. The first-order valence-electron chi connectivity index (χ1n) is 4.60. The molecule has 0 amide bonds. The van der Waals surface area contributed by atoms with Gasteiger partial charge < -0.3 is 0 Å². The number of nitrogens with one attached hydrogen (secondary N) is 1. The highest BCUT2D eigenvalue weighted by Gasteiger charge is 2.01. The van der Waals surface area contributed by atoms with E-state index in [9.17, 15) is 0 Å². The molecule has 0 radical (unpaired) electrons. The maximum absolute atomic E-state index is 5.79. The molecule has 1 aromatic carbocycles. The summed E-state index contributed by atoms with van der Waals surface area (Å²) in [6.07, 6.45) is 0.780. The van der Waals surface area contributed by atoms with Gasteiger partial charge in [0.1, 0.15) is 0 Å². The molecule has 0 aromatic heterocycles. The number of nitrogens with zero attached hydrogens (tertiary/aromatic N) is 1. The predicted molar refractivity (Wildman–Crippen MR) is 62.6 cm³/mol. The van der Waals surface area contributed by atoms with Gasteiger partial charge in [0.25, 0.3) is 0 Å². The van der Waals surface area contributed by atoms with Crippen LogP contribution >= 0.6 is 11.6 Å². The Morgan fingerprint density at radius 3 is 2.40 bits per heavy atom. The van der Waals surface area contributed by atoms with Crippen LogP contribution in [0.3, 0.4) is 0 Å². The molecule has 0 atom stereocenters. The summed E-state index contributed by atoms with van der Waals surface area (Å²) in [5.41, 5.74) is 12.4. The minimum absolute atomic E-state index is 0.0786. The molecule has 80 valence electrons. The second kappa shape index (κ2) is 5.36. The third-order valence-corrected chi connectivity index (χ3v) is 2.08. The lowest BCUT2D eigenvalue weighted by Gasteiger charge is -2.00. The van der Waals surface area contributed by atoms with Gasteiger partial charge in [0.2, 0.25) is 0 Å². The zero-order chi connectivity index (χ0) is 11.3. The van der Waals surface area contributed by atoms with Crippen molar-refractivity contribution in [3.63, 3.8) is 0 Å². The van der Waals surface area contributed by atoms with Crippen molar-refractivity contribution in [1.82, 2.24) is 0 Å². The summed E-state index contributed by atoms with van der Waals surface area (Å²) in [6, 6.07) is 7.44. The smallest absolute Gasteiger partial charge is 0.289 e. The molecule has 0 unspecified atom stereocenters. The Hall–Kier alpha value is -1.55. The van der Waals surface area contributed by atoms with E-state index in [1.807, 2.05) is 31.2 Å². The maximum atomic E-state index is 5.79. The van der Waals surface area contributed by atoms with E-state index in [-0.39, 0.29) is 5.96 Å². The summed E-state index contributed by atoms with van der Waals surface area (Å²) >= 11 is 5.79. The Labute approximate surface area is 93.6 Å². The van der Waals surface area contributed by atoms with Gasteiger partial charge in [-0.2, -0.15) is 5.10 Å². The molecular weight excluding hydrogens is 212 g/mol. The van der Waals surface area contributed by atoms with Crippen LogP contribution in [-0.2, 0) is 0 Å². The lowest BCUT2D eigenvalue weighted by Crippen LogP contribution is -2.73. The van der Waals surface area contributed by atoms with Crippen molar-refractivity contribution in [3.8, 4) is 0 Å². The summed E-state index contributed by atoms with van der Waals surface area (Å²) in [6.45, 7) is 2.00. The quantitative estimate of drug-likeness (QED) is 0.379. The lowest BCUT2D eigenvalue weighted by molar-refractivity contribution is -0.464. The minimum atomic E-state index is 0.0786. The molecule has 4 nitrogen and oxygen atoms in total. The molecule has 1 aromatic rings. The molecule has 15 heavy (non-hydrogen) atoms. The number of halogens is 1. The number of rotatable bonds is 3. The van der Waals surface area contributed by atoms with Crippen molar-refractivity contribution in [2.24, 2.45) is 16.6 Å². The van der Waals surface area contributed by atoms with E-state index >= 15 is 0 Å².